The summed E-state index contributed by atoms with van der Waals surface area (Å²) in [5.41, 5.74) is -8.50. The molecule has 11 bridgehead atoms. The van der Waals surface area contributed by atoms with Crippen LogP contribution in [0.2, 0.25) is 0 Å². The predicted octanol–water partition coefficient (Wildman–Crippen LogP) is 3.31. The van der Waals surface area contributed by atoms with E-state index in [9.17, 15) is 35.1 Å². The number of esters is 2. The van der Waals surface area contributed by atoms with Crippen LogP contribution in [0.15, 0.2) is 85.0 Å². The number of carbonyl (C=O) groups is 2. The maximum atomic E-state index is 13.7. The van der Waals surface area contributed by atoms with Gasteiger partial charge in [0.2, 0.25) is 0 Å². The Balaban J connectivity index is 1.14. The first-order valence-electron chi connectivity index (χ1n) is 21.2. The van der Waals surface area contributed by atoms with Crippen molar-refractivity contribution < 1.29 is 63.5 Å². The summed E-state index contributed by atoms with van der Waals surface area (Å²) >= 11 is 0. The summed E-state index contributed by atoms with van der Waals surface area (Å²) in [6, 6.07) is 17.7. The van der Waals surface area contributed by atoms with Gasteiger partial charge in [0, 0.05) is 35.3 Å². The maximum absolute atomic E-state index is 13.7. The van der Waals surface area contributed by atoms with Gasteiger partial charge in [0.1, 0.15) is 53.4 Å². The van der Waals surface area contributed by atoms with E-state index in [-0.39, 0.29) is 30.6 Å². The first-order valence-corrected chi connectivity index (χ1v) is 21.2. The van der Waals surface area contributed by atoms with Crippen LogP contribution < -0.4 is 0 Å². The van der Waals surface area contributed by atoms with Crippen LogP contribution in [0.25, 0.3) is 0 Å². The number of epoxide rings is 1. The van der Waals surface area contributed by atoms with Crippen molar-refractivity contribution >= 4 is 11.9 Å². The Kier molecular flexibility index (Phi) is 8.90. The minimum Gasteiger partial charge on any atom is -0.456 e. The maximum Gasteiger partial charge on any atom is 0.338 e. The van der Waals surface area contributed by atoms with Crippen molar-refractivity contribution in [2.24, 2.45) is 41.4 Å². The molecule has 2 unspecified atom stereocenters. The average Bonchev–Trinajstić information content (AvgIpc) is 3.79. The third kappa shape index (κ3) is 5.17. The predicted molar refractivity (Wildman–Crippen MR) is 207 cm³/mol. The number of aliphatic hydroxyl groups is 5. The molecule has 6 heterocycles. The SMILES string of the molecule is C[C@H]1[C@@H]2CC[C@@H]1[C@@H](OC(=O)c1ccccc1)C=CC=CC(=O)O[C@H]1[C@@H](C)C[C@@H]3[C@]1(O)[C@H](O)[C@@]1(CO)OC1[C@H]1[C@H]4O[C@]5(c6ccccc6)OC([C@@H](C)[C@]31O5)[C@@]4(O)[C@](C)(O)C2. The number of aliphatic hydroxyl groups excluding tert-OH is 2. The van der Waals surface area contributed by atoms with E-state index in [0.29, 0.717) is 24.0 Å². The third-order valence-electron chi connectivity index (χ3n) is 16.2. The molecule has 0 radical (unpaired) electrons. The number of allylic oxidation sites excluding steroid dienone is 2. The minimum atomic E-state index is -2.22. The van der Waals surface area contributed by atoms with Crippen LogP contribution in [0, 0.1) is 41.4 Å². The van der Waals surface area contributed by atoms with E-state index in [1.807, 2.05) is 38.1 Å². The van der Waals surface area contributed by atoms with Crippen molar-refractivity contribution in [1.82, 2.24) is 0 Å². The van der Waals surface area contributed by atoms with Gasteiger partial charge in [-0.05, 0) is 68.6 Å². The topological polar surface area (TPSA) is 194 Å². The molecule has 4 saturated carbocycles. The third-order valence-corrected chi connectivity index (χ3v) is 16.2. The quantitative estimate of drug-likeness (QED) is 0.223. The van der Waals surface area contributed by atoms with Gasteiger partial charge in [-0.25, -0.2) is 9.59 Å². The van der Waals surface area contributed by atoms with Gasteiger partial charge in [-0.1, -0.05) is 81.5 Å². The molecular weight excluding hydrogens is 760 g/mol. The van der Waals surface area contributed by atoms with Gasteiger partial charge >= 0.3 is 17.9 Å². The molecule has 2 aromatic rings. The standard InChI is InChI=1S/C46H54O13/c1-24-21-32-43(52)35(24)55-33(48)18-12-11-17-31(54-39(49)27-13-7-5-8-14-27)30-20-19-28(25(30)2)22-41(4,51)45(53)36-26(3)44(32)34(37-42(23-47,56-37)40(43)50)38(45)58-46(57-36,59-44)29-15-9-6-10-16-29/h5-18,24-26,28,30-32,34-38,40,47,50-53H,19-23H2,1-4H3/t24-,25-,26+,28+,30-,31-,32+,34-,35-,36?,37?,38+,40+,41+,42-,43+,44-,45-,46-/m0/s1. The average molecular weight is 815 g/mol. The molecule has 10 aliphatic rings. The summed E-state index contributed by atoms with van der Waals surface area (Å²) in [7, 11) is 0. The molecular formula is C46H54O13. The van der Waals surface area contributed by atoms with Gasteiger partial charge in [0.05, 0.1) is 23.4 Å². The zero-order valence-corrected chi connectivity index (χ0v) is 33.6. The Hall–Kier alpha value is -3.50. The smallest absolute Gasteiger partial charge is 0.338 e. The Morgan fingerprint density at radius 1 is 0.881 bits per heavy atom. The molecule has 4 saturated heterocycles. The van der Waals surface area contributed by atoms with Crippen molar-refractivity contribution in [1.29, 1.82) is 0 Å². The van der Waals surface area contributed by atoms with Crippen LogP contribution in [0.3, 0.4) is 0 Å². The lowest BCUT2D eigenvalue weighted by molar-refractivity contribution is -0.595. The molecule has 6 aliphatic heterocycles. The Bertz CT molecular complexity index is 2060. The first-order chi connectivity index (χ1) is 28.1. The zero-order valence-electron chi connectivity index (χ0n) is 33.6. The number of rotatable bonds is 4. The molecule has 19 atom stereocenters. The zero-order chi connectivity index (χ0) is 41.5. The normalized spacial score (nSPS) is 51.7. The second-order valence-electron chi connectivity index (χ2n) is 19.0. The number of hydrogen-bond acceptors (Lipinski definition) is 13. The van der Waals surface area contributed by atoms with Gasteiger partial charge in [-0.3, -0.25) is 0 Å². The molecule has 1 spiro atoms. The van der Waals surface area contributed by atoms with E-state index in [1.54, 1.807) is 55.5 Å². The number of fused-ring (bicyclic) bond motifs is 6. The number of hydrogen-bond donors (Lipinski definition) is 5. The van der Waals surface area contributed by atoms with E-state index in [1.165, 1.54) is 12.2 Å². The van der Waals surface area contributed by atoms with Crippen LogP contribution in [0.1, 0.15) is 69.3 Å². The van der Waals surface area contributed by atoms with Gasteiger partial charge in [-0.15, -0.1) is 0 Å². The molecule has 5 N–H and O–H groups in total. The molecule has 13 heteroatoms. The van der Waals surface area contributed by atoms with E-state index >= 15 is 0 Å². The highest BCUT2D eigenvalue weighted by Crippen LogP contribution is 2.75. The van der Waals surface area contributed by atoms with E-state index < -0.39 is 113 Å². The highest BCUT2D eigenvalue weighted by molar-refractivity contribution is 5.89. The van der Waals surface area contributed by atoms with Crippen LogP contribution in [0.5, 0.6) is 0 Å². The largest absolute Gasteiger partial charge is 0.456 e. The molecule has 2 aromatic carbocycles. The van der Waals surface area contributed by atoms with E-state index in [0.717, 1.165) is 0 Å². The lowest BCUT2D eigenvalue weighted by Gasteiger charge is -2.74. The molecule has 0 amide bonds. The van der Waals surface area contributed by atoms with Crippen molar-refractivity contribution in [3.8, 4) is 0 Å². The second-order valence-corrected chi connectivity index (χ2v) is 19.0. The Morgan fingerprint density at radius 3 is 2.29 bits per heavy atom. The van der Waals surface area contributed by atoms with Gasteiger partial charge in [0.15, 0.2) is 0 Å². The first kappa shape index (κ1) is 39.6. The fraction of sp³-hybridized carbons (Fsp3) is 0.609. The van der Waals surface area contributed by atoms with Crippen molar-refractivity contribution in [2.45, 2.75) is 124 Å². The Morgan fingerprint density at radius 2 is 1.58 bits per heavy atom. The molecule has 316 valence electrons. The van der Waals surface area contributed by atoms with E-state index in [2.05, 4.69) is 6.92 Å². The fourth-order valence-corrected chi connectivity index (χ4v) is 13.3. The van der Waals surface area contributed by atoms with Crippen LogP contribution in [-0.2, 0) is 39.2 Å². The highest BCUT2D eigenvalue weighted by Gasteiger charge is 2.91. The van der Waals surface area contributed by atoms with Crippen molar-refractivity contribution in [2.75, 3.05) is 6.61 Å². The fourth-order valence-electron chi connectivity index (χ4n) is 13.3. The van der Waals surface area contributed by atoms with E-state index in [4.69, 9.17) is 28.4 Å². The lowest BCUT2D eigenvalue weighted by atomic mass is 9.49. The molecule has 12 rings (SSSR count). The Labute approximate surface area is 342 Å². The summed E-state index contributed by atoms with van der Waals surface area (Å²) in [5, 5.41) is 63.4. The van der Waals surface area contributed by atoms with Crippen LogP contribution in [0.4, 0.5) is 0 Å². The van der Waals surface area contributed by atoms with Gasteiger partial charge < -0.3 is 54.0 Å². The monoisotopic (exact) mass is 814 g/mol. The second kappa shape index (κ2) is 13.3. The van der Waals surface area contributed by atoms with Crippen LogP contribution in [-0.4, -0.2) is 109 Å². The van der Waals surface area contributed by atoms with Gasteiger partial charge in [-0.2, -0.15) is 0 Å². The van der Waals surface area contributed by atoms with Crippen LogP contribution >= 0.6 is 0 Å². The lowest BCUT2D eigenvalue weighted by Crippen LogP contribution is -2.89. The van der Waals surface area contributed by atoms with Crippen molar-refractivity contribution in [3.63, 3.8) is 0 Å². The summed E-state index contributed by atoms with van der Waals surface area (Å²) < 4.78 is 39.7. The molecule has 0 aromatic heterocycles. The number of carbonyl (C=O) groups excluding carboxylic acids is 2. The van der Waals surface area contributed by atoms with Gasteiger partial charge in [0.25, 0.3) is 0 Å². The summed E-state index contributed by atoms with van der Waals surface area (Å²) in [4.78, 5) is 27.2. The number of ether oxygens (including phenoxy) is 6. The minimum absolute atomic E-state index is 0.102. The molecule has 8 fully saturated rings. The summed E-state index contributed by atoms with van der Waals surface area (Å²) in [6.07, 6.45) is 0.608. The molecule has 4 aliphatic carbocycles. The molecule has 13 nitrogen and oxygen atoms in total. The summed E-state index contributed by atoms with van der Waals surface area (Å²) in [6.45, 7) is 6.66. The summed E-state index contributed by atoms with van der Waals surface area (Å²) in [5.74, 6) is -6.79. The number of benzene rings is 2. The molecule has 59 heavy (non-hydrogen) atoms. The van der Waals surface area contributed by atoms with Crippen molar-refractivity contribution in [3.05, 3.63) is 96.1 Å². The highest BCUT2D eigenvalue weighted by atomic mass is 16.9.